The maximum atomic E-state index is 13.3. The Morgan fingerprint density at radius 1 is 1.08 bits per heavy atom. The number of aromatic nitrogens is 3. The van der Waals surface area contributed by atoms with E-state index in [4.69, 9.17) is 4.98 Å². The Morgan fingerprint density at radius 2 is 2.00 bits per heavy atom. The Balaban J connectivity index is 1.79. The fourth-order valence-electron chi connectivity index (χ4n) is 3.73. The molecule has 6 heteroatoms. The molecule has 0 spiro atoms. The molecule has 26 heavy (non-hydrogen) atoms. The number of para-hydroxylation sites is 2. The highest BCUT2D eigenvalue weighted by Crippen LogP contribution is 2.26. The number of fused-ring (bicyclic) bond motifs is 5. The van der Waals surface area contributed by atoms with Crippen molar-refractivity contribution in [3.63, 3.8) is 0 Å². The summed E-state index contributed by atoms with van der Waals surface area (Å²) in [7, 11) is 0. The lowest BCUT2D eigenvalue weighted by atomic mass is 10.1. The number of hydrazine groups is 1. The molecule has 0 aliphatic carbocycles. The van der Waals surface area contributed by atoms with Crippen LogP contribution >= 0.6 is 0 Å². The molecule has 1 aliphatic rings. The van der Waals surface area contributed by atoms with Crippen LogP contribution in [0.1, 0.15) is 29.6 Å². The van der Waals surface area contributed by atoms with Gasteiger partial charge in [-0.05, 0) is 37.1 Å². The molecule has 1 saturated heterocycles. The standard InChI is InChI=1S/C20H19N5O/c26-20(24-11-5-1-4-9-22-24)15-12-14-13-21-10-8-17(14)25-18-7-3-2-6-16(18)23-19(15)25/h2-3,6-8,10,12-13,22H,1,4-5,9,11H2. The van der Waals surface area contributed by atoms with E-state index in [0.29, 0.717) is 11.2 Å². The van der Waals surface area contributed by atoms with Gasteiger partial charge in [0.1, 0.15) is 0 Å². The average molecular weight is 345 g/mol. The summed E-state index contributed by atoms with van der Waals surface area (Å²) in [4.78, 5) is 22.3. The van der Waals surface area contributed by atoms with Crippen molar-refractivity contribution >= 4 is 33.5 Å². The maximum Gasteiger partial charge on any atom is 0.271 e. The van der Waals surface area contributed by atoms with Gasteiger partial charge in [-0.25, -0.2) is 10.4 Å². The third kappa shape index (κ3) is 2.34. The molecule has 0 saturated carbocycles. The molecule has 0 unspecified atom stereocenters. The second-order valence-corrected chi connectivity index (χ2v) is 6.68. The number of nitrogens with one attached hydrogen (secondary N) is 1. The van der Waals surface area contributed by atoms with Gasteiger partial charge in [-0.15, -0.1) is 0 Å². The first-order valence-electron chi connectivity index (χ1n) is 9.02. The van der Waals surface area contributed by atoms with Gasteiger partial charge in [0.15, 0.2) is 5.65 Å². The number of hydrogen-bond acceptors (Lipinski definition) is 4. The summed E-state index contributed by atoms with van der Waals surface area (Å²) < 4.78 is 2.07. The molecule has 130 valence electrons. The first-order chi connectivity index (χ1) is 12.8. The predicted octanol–water partition coefficient (Wildman–Crippen LogP) is 3.17. The Bertz CT molecular complexity index is 1130. The summed E-state index contributed by atoms with van der Waals surface area (Å²) in [6, 6.07) is 11.9. The predicted molar refractivity (Wildman–Crippen MR) is 101 cm³/mol. The Hall–Kier alpha value is -2.99. The zero-order valence-electron chi connectivity index (χ0n) is 14.4. The van der Waals surface area contributed by atoms with Gasteiger partial charge >= 0.3 is 0 Å². The van der Waals surface area contributed by atoms with Gasteiger partial charge in [0.25, 0.3) is 5.91 Å². The molecule has 0 atom stereocenters. The number of imidazole rings is 1. The molecule has 1 amide bonds. The SMILES string of the molecule is O=C(c1cc2cnccc2n2c1nc1ccccc12)N1CCCCCN1. The lowest BCUT2D eigenvalue weighted by molar-refractivity contribution is 0.0675. The molecule has 3 aromatic heterocycles. The van der Waals surface area contributed by atoms with Gasteiger partial charge in [-0.3, -0.25) is 19.2 Å². The van der Waals surface area contributed by atoms with Crippen LogP contribution in [0.15, 0.2) is 48.8 Å². The van der Waals surface area contributed by atoms with Crippen LogP contribution in [0.25, 0.3) is 27.6 Å². The van der Waals surface area contributed by atoms with Crippen LogP contribution in [0, 0.1) is 0 Å². The van der Waals surface area contributed by atoms with Gasteiger partial charge in [-0.2, -0.15) is 0 Å². The highest BCUT2D eigenvalue weighted by Gasteiger charge is 2.23. The molecule has 0 radical (unpaired) electrons. The zero-order valence-corrected chi connectivity index (χ0v) is 14.4. The molecule has 0 bridgehead atoms. The molecular formula is C20H19N5O. The first-order valence-corrected chi connectivity index (χ1v) is 9.02. The highest BCUT2D eigenvalue weighted by atomic mass is 16.2. The fourth-order valence-corrected chi connectivity index (χ4v) is 3.73. The van der Waals surface area contributed by atoms with Crippen molar-refractivity contribution in [2.24, 2.45) is 0 Å². The van der Waals surface area contributed by atoms with Crippen molar-refractivity contribution in [3.05, 3.63) is 54.4 Å². The Morgan fingerprint density at radius 3 is 2.96 bits per heavy atom. The molecular weight excluding hydrogens is 326 g/mol. The average Bonchev–Trinajstić information content (AvgIpc) is 2.86. The maximum absolute atomic E-state index is 13.3. The summed E-state index contributed by atoms with van der Waals surface area (Å²) >= 11 is 0. The fraction of sp³-hybridized carbons (Fsp3) is 0.250. The molecule has 1 aromatic carbocycles. The normalized spacial score (nSPS) is 15.6. The third-order valence-corrected chi connectivity index (χ3v) is 5.01. The number of benzene rings is 1. The number of amides is 1. The van der Waals surface area contributed by atoms with Crippen molar-refractivity contribution in [2.45, 2.75) is 19.3 Å². The van der Waals surface area contributed by atoms with Crippen molar-refractivity contribution < 1.29 is 4.79 Å². The summed E-state index contributed by atoms with van der Waals surface area (Å²) in [6.45, 7) is 1.55. The molecule has 1 aliphatic heterocycles. The molecule has 5 rings (SSSR count). The third-order valence-electron chi connectivity index (χ3n) is 5.01. The van der Waals surface area contributed by atoms with Crippen LogP contribution in [0.4, 0.5) is 0 Å². The largest absolute Gasteiger partial charge is 0.291 e. The van der Waals surface area contributed by atoms with E-state index < -0.39 is 0 Å². The number of hydrogen-bond donors (Lipinski definition) is 1. The lowest BCUT2D eigenvalue weighted by Crippen LogP contribution is -2.42. The summed E-state index contributed by atoms with van der Waals surface area (Å²) in [5, 5.41) is 2.67. The summed E-state index contributed by atoms with van der Waals surface area (Å²) in [5.74, 6) is -0.0297. The smallest absolute Gasteiger partial charge is 0.271 e. The summed E-state index contributed by atoms with van der Waals surface area (Å²) in [5.41, 5.74) is 7.45. The van der Waals surface area contributed by atoms with Gasteiger partial charge < -0.3 is 0 Å². The quantitative estimate of drug-likeness (QED) is 0.576. The van der Waals surface area contributed by atoms with E-state index in [1.165, 1.54) is 0 Å². The summed E-state index contributed by atoms with van der Waals surface area (Å²) in [6.07, 6.45) is 6.82. The minimum atomic E-state index is -0.0297. The van der Waals surface area contributed by atoms with Crippen molar-refractivity contribution in [1.29, 1.82) is 0 Å². The monoisotopic (exact) mass is 345 g/mol. The molecule has 4 heterocycles. The second-order valence-electron chi connectivity index (χ2n) is 6.68. The number of carbonyl (C=O) groups excluding carboxylic acids is 1. The van der Waals surface area contributed by atoms with Gasteiger partial charge in [0.2, 0.25) is 0 Å². The molecule has 6 nitrogen and oxygen atoms in total. The number of pyridine rings is 2. The van der Waals surface area contributed by atoms with Gasteiger partial charge in [0.05, 0.1) is 22.1 Å². The van der Waals surface area contributed by atoms with E-state index >= 15 is 0 Å². The van der Waals surface area contributed by atoms with Gasteiger partial charge in [-0.1, -0.05) is 18.6 Å². The van der Waals surface area contributed by atoms with Crippen LogP contribution in [0.5, 0.6) is 0 Å². The minimum Gasteiger partial charge on any atom is -0.291 e. The van der Waals surface area contributed by atoms with E-state index in [-0.39, 0.29) is 5.91 Å². The first kappa shape index (κ1) is 15.3. The van der Waals surface area contributed by atoms with E-state index in [1.54, 1.807) is 17.4 Å². The van der Waals surface area contributed by atoms with Crippen LogP contribution < -0.4 is 5.43 Å². The van der Waals surface area contributed by atoms with Crippen molar-refractivity contribution in [2.75, 3.05) is 13.1 Å². The Labute approximate surface area is 150 Å². The highest BCUT2D eigenvalue weighted by molar-refractivity contribution is 6.05. The second kappa shape index (κ2) is 6.07. The minimum absolute atomic E-state index is 0.0297. The molecule has 4 aromatic rings. The van der Waals surface area contributed by atoms with Crippen LogP contribution in [0.2, 0.25) is 0 Å². The van der Waals surface area contributed by atoms with Crippen LogP contribution in [0.3, 0.4) is 0 Å². The molecule has 1 N–H and O–H groups in total. The molecule has 1 fully saturated rings. The lowest BCUT2D eigenvalue weighted by Gasteiger charge is -2.21. The van der Waals surface area contributed by atoms with E-state index in [0.717, 1.165) is 54.3 Å². The van der Waals surface area contributed by atoms with E-state index in [2.05, 4.69) is 14.8 Å². The zero-order chi connectivity index (χ0) is 17.5. The Kier molecular flexibility index (Phi) is 3.57. The topological polar surface area (TPSA) is 62.5 Å². The number of carbonyl (C=O) groups is 1. The van der Waals surface area contributed by atoms with Crippen molar-refractivity contribution in [1.82, 2.24) is 24.8 Å². The van der Waals surface area contributed by atoms with E-state index in [1.807, 2.05) is 36.4 Å². The van der Waals surface area contributed by atoms with E-state index in [9.17, 15) is 4.79 Å². The van der Waals surface area contributed by atoms with Gasteiger partial charge in [0, 0.05) is 30.9 Å². The number of nitrogens with zero attached hydrogens (tertiary/aromatic N) is 4. The number of rotatable bonds is 1. The van der Waals surface area contributed by atoms with Crippen LogP contribution in [-0.2, 0) is 0 Å². The van der Waals surface area contributed by atoms with Crippen LogP contribution in [-0.4, -0.2) is 38.4 Å². The van der Waals surface area contributed by atoms with Crippen molar-refractivity contribution in [3.8, 4) is 0 Å².